The van der Waals surface area contributed by atoms with E-state index in [9.17, 15) is 9.46 Å². The van der Waals surface area contributed by atoms with E-state index in [2.05, 4.69) is 4.52 Å². The maximum atomic E-state index is 10.2. The molecular weight excluding hydrogens is 179 g/mol. The van der Waals surface area contributed by atoms with Crippen molar-refractivity contribution >= 4 is 7.82 Å². The number of phosphoric ester groups is 1. The van der Waals surface area contributed by atoms with Gasteiger partial charge in [0, 0.05) is 0 Å². The van der Waals surface area contributed by atoms with E-state index < -0.39 is 7.82 Å². The van der Waals surface area contributed by atoms with Gasteiger partial charge in [0.1, 0.15) is 0 Å². The molecule has 0 aliphatic heterocycles. The van der Waals surface area contributed by atoms with E-state index in [-0.39, 0.29) is 6.61 Å². The van der Waals surface area contributed by atoms with Crippen LogP contribution in [0.2, 0.25) is 0 Å². The number of hydrogen-bond acceptors (Lipinski definition) is 3. The lowest BCUT2D eigenvalue weighted by atomic mass is 10.2. The van der Waals surface area contributed by atoms with Crippen LogP contribution in [0.15, 0.2) is 30.3 Å². The first-order valence-electron chi connectivity index (χ1n) is 3.30. The summed E-state index contributed by atoms with van der Waals surface area (Å²) in [5.74, 6) is 0. The molecule has 0 saturated carbocycles. The molecule has 0 aliphatic carbocycles. The van der Waals surface area contributed by atoms with Crippen molar-refractivity contribution in [1.82, 2.24) is 0 Å². The normalized spacial score (nSPS) is 15.5. The summed E-state index contributed by atoms with van der Waals surface area (Å²) < 4.78 is 14.3. The molecule has 12 heavy (non-hydrogen) atoms. The molecule has 1 unspecified atom stereocenters. The quantitative estimate of drug-likeness (QED) is 0.706. The van der Waals surface area contributed by atoms with Gasteiger partial charge in [-0.15, -0.1) is 0 Å². The molecule has 0 saturated heterocycles. The lowest BCUT2D eigenvalue weighted by Crippen LogP contribution is -2.03. The Bertz CT molecular complexity index is 279. The molecule has 4 nitrogen and oxygen atoms in total. The molecule has 66 valence electrons. The van der Waals surface area contributed by atoms with Gasteiger partial charge in [0.15, 0.2) is 0 Å². The third-order valence-electron chi connectivity index (χ3n) is 1.24. The van der Waals surface area contributed by atoms with Gasteiger partial charge in [-0.05, 0) is 5.56 Å². The molecule has 0 spiro atoms. The third-order valence-corrected chi connectivity index (χ3v) is 1.69. The van der Waals surface area contributed by atoms with Crippen LogP contribution in [-0.4, -0.2) is 4.89 Å². The van der Waals surface area contributed by atoms with Crippen LogP contribution in [0.25, 0.3) is 0 Å². The lowest BCUT2D eigenvalue weighted by molar-refractivity contribution is -0.220. The smallest absolute Gasteiger partial charge is 0.265 e. The van der Waals surface area contributed by atoms with Crippen LogP contribution in [0.1, 0.15) is 5.56 Å². The highest BCUT2D eigenvalue weighted by atomic mass is 31.2. The summed E-state index contributed by atoms with van der Waals surface area (Å²) in [6, 6.07) is 8.72. The highest BCUT2D eigenvalue weighted by molar-refractivity contribution is 7.44. The Balaban J connectivity index is 2.50. The van der Waals surface area contributed by atoms with E-state index in [1.807, 2.05) is 0 Å². The minimum absolute atomic E-state index is 0.127. The SMILES string of the molecule is O=P([O-])(O)OCc1ccccc1. The second-order valence-electron chi connectivity index (χ2n) is 2.23. The van der Waals surface area contributed by atoms with Crippen LogP contribution >= 0.6 is 7.82 Å². The van der Waals surface area contributed by atoms with Crippen molar-refractivity contribution in [3.8, 4) is 0 Å². The van der Waals surface area contributed by atoms with Crippen molar-refractivity contribution in [2.24, 2.45) is 0 Å². The second-order valence-corrected chi connectivity index (χ2v) is 3.42. The van der Waals surface area contributed by atoms with E-state index in [0.29, 0.717) is 5.56 Å². The van der Waals surface area contributed by atoms with Gasteiger partial charge in [0.05, 0.1) is 6.61 Å². The molecule has 0 amide bonds. The zero-order valence-electron chi connectivity index (χ0n) is 6.21. The molecule has 0 bridgehead atoms. The number of hydrogen-bond donors (Lipinski definition) is 1. The molecule has 0 fully saturated rings. The minimum atomic E-state index is -4.58. The zero-order chi connectivity index (χ0) is 9.03. The van der Waals surface area contributed by atoms with Gasteiger partial charge in [-0.3, -0.25) is 4.57 Å². The maximum Gasteiger partial charge on any atom is 0.265 e. The van der Waals surface area contributed by atoms with Crippen molar-refractivity contribution in [3.05, 3.63) is 35.9 Å². The predicted octanol–water partition coefficient (Wildman–Crippen LogP) is 0.664. The molecule has 1 aromatic rings. The monoisotopic (exact) mass is 187 g/mol. The molecule has 1 atom stereocenters. The first kappa shape index (κ1) is 9.42. The Morgan fingerprint density at radius 2 is 2.00 bits per heavy atom. The van der Waals surface area contributed by atoms with Gasteiger partial charge in [-0.25, -0.2) is 0 Å². The average Bonchev–Trinajstić information content (AvgIpc) is 2.02. The van der Waals surface area contributed by atoms with E-state index in [0.717, 1.165) is 0 Å². The molecule has 0 aliphatic rings. The van der Waals surface area contributed by atoms with Crippen LogP contribution in [0.5, 0.6) is 0 Å². The zero-order valence-corrected chi connectivity index (χ0v) is 7.11. The Hall–Kier alpha value is -0.670. The molecule has 0 aromatic heterocycles. The Kier molecular flexibility index (Phi) is 3.00. The Morgan fingerprint density at radius 3 is 2.50 bits per heavy atom. The fraction of sp³-hybridized carbons (Fsp3) is 0.143. The highest BCUT2D eigenvalue weighted by Gasteiger charge is 2.01. The van der Waals surface area contributed by atoms with Gasteiger partial charge >= 0.3 is 0 Å². The van der Waals surface area contributed by atoms with Gasteiger partial charge in [0.2, 0.25) is 0 Å². The van der Waals surface area contributed by atoms with Crippen LogP contribution in [-0.2, 0) is 15.7 Å². The summed E-state index contributed by atoms with van der Waals surface area (Å²) in [6.45, 7) is -0.127. The summed E-state index contributed by atoms with van der Waals surface area (Å²) in [5, 5.41) is 0. The summed E-state index contributed by atoms with van der Waals surface area (Å²) in [6.07, 6.45) is 0. The molecule has 0 heterocycles. The summed E-state index contributed by atoms with van der Waals surface area (Å²) >= 11 is 0. The molecule has 1 rings (SSSR count). The maximum absolute atomic E-state index is 10.2. The van der Waals surface area contributed by atoms with E-state index >= 15 is 0 Å². The third kappa shape index (κ3) is 3.64. The van der Waals surface area contributed by atoms with Crippen molar-refractivity contribution in [3.63, 3.8) is 0 Å². The van der Waals surface area contributed by atoms with Crippen molar-refractivity contribution in [1.29, 1.82) is 0 Å². The number of benzene rings is 1. The topological polar surface area (TPSA) is 69.6 Å². The first-order valence-corrected chi connectivity index (χ1v) is 4.80. The fourth-order valence-electron chi connectivity index (χ4n) is 0.730. The van der Waals surface area contributed by atoms with Gasteiger partial charge in [-0.2, -0.15) is 0 Å². The van der Waals surface area contributed by atoms with E-state index in [1.54, 1.807) is 30.3 Å². The van der Waals surface area contributed by atoms with Crippen molar-refractivity contribution in [2.75, 3.05) is 0 Å². The van der Waals surface area contributed by atoms with E-state index in [1.165, 1.54) is 0 Å². The predicted molar refractivity (Wildman–Crippen MR) is 41.1 cm³/mol. The number of rotatable bonds is 3. The Labute approximate surface area is 70.0 Å². The first-order chi connectivity index (χ1) is 5.58. The van der Waals surface area contributed by atoms with Crippen LogP contribution in [0, 0.1) is 0 Å². The molecule has 1 aromatic carbocycles. The van der Waals surface area contributed by atoms with Crippen LogP contribution in [0.4, 0.5) is 0 Å². The Morgan fingerprint density at radius 1 is 1.42 bits per heavy atom. The summed E-state index contributed by atoms with van der Waals surface area (Å²) in [4.78, 5) is 18.4. The largest absolute Gasteiger partial charge is 0.756 e. The van der Waals surface area contributed by atoms with E-state index in [4.69, 9.17) is 4.89 Å². The lowest BCUT2D eigenvalue weighted by Gasteiger charge is -2.14. The molecule has 1 N–H and O–H groups in total. The fourth-order valence-corrected chi connectivity index (χ4v) is 1.04. The standard InChI is InChI=1S/C7H9O4P/c8-12(9,10)11-6-7-4-2-1-3-5-7/h1-5H,6H2,(H2,8,9,10)/p-1. The van der Waals surface area contributed by atoms with Gasteiger partial charge in [0.25, 0.3) is 7.82 Å². The second kappa shape index (κ2) is 3.83. The molecular formula is C7H8O4P-. The van der Waals surface area contributed by atoms with Crippen molar-refractivity contribution < 1.29 is 18.9 Å². The highest BCUT2D eigenvalue weighted by Crippen LogP contribution is 2.31. The molecule has 0 radical (unpaired) electrons. The van der Waals surface area contributed by atoms with Crippen molar-refractivity contribution in [2.45, 2.75) is 6.61 Å². The summed E-state index contributed by atoms with van der Waals surface area (Å²) in [7, 11) is -4.58. The number of phosphoric acid groups is 1. The minimum Gasteiger partial charge on any atom is -0.756 e. The van der Waals surface area contributed by atoms with Gasteiger partial charge in [-0.1, -0.05) is 30.3 Å². The van der Waals surface area contributed by atoms with Gasteiger partial charge < -0.3 is 14.3 Å². The summed E-state index contributed by atoms with van der Waals surface area (Å²) in [5.41, 5.74) is 0.697. The van der Waals surface area contributed by atoms with Crippen LogP contribution < -0.4 is 4.89 Å². The average molecular weight is 187 g/mol. The van der Waals surface area contributed by atoms with Crippen LogP contribution in [0.3, 0.4) is 0 Å². The molecule has 5 heteroatoms.